The van der Waals surface area contributed by atoms with Crippen molar-refractivity contribution in [2.24, 2.45) is 23.2 Å². The van der Waals surface area contributed by atoms with Gasteiger partial charge in [-0.1, -0.05) is 20.8 Å². The first-order valence-electron chi connectivity index (χ1n) is 6.68. The van der Waals surface area contributed by atoms with Crippen molar-refractivity contribution >= 4 is 5.97 Å². The molecule has 1 aliphatic rings. The van der Waals surface area contributed by atoms with Gasteiger partial charge in [0.25, 0.3) is 0 Å². The van der Waals surface area contributed by atoms with E-state index >= 15 is 0 Å². The lowest BCUT2D eigenvalue weighted by atomic mass is 9.51. The quantitative estimate of drug-likeness (QED) is 0.400. The van der Waals surface area contributed by atoms with Crippen LogP contribution in [0.25, 0.3) is 0 Å². The maximum atomic E-state index is 11.8. The number of hydrogen-bond donors (Lipinski definition) is 0. The minimum atomic E-state index is -0.0770. The van der Waals surface area contributed by atoms with E-state index in [1.165, 1.54) is 0 Å². The van der Waals surface area contributed by atoms with Crippen molar-refractivity contribution in [2.45, 2.75) is 34.1 Å². The highest BCUT2D eigenvalue weighted by Crippen LogP contribution is 2.54. The monoisotopic (exact) mass is 258 g/mol. The molecule has 0 aliphatic heterocycles. The lowest BCUT2D eigenvalue weighted by Gasteiger charge is -2.54. The van der Waals surface area contributed by atoms with Crippen LogP contribution in [0.5, 0.6) is 0 Å². The molecule has 4 heteroatoms. The minimum Gasteiger partial charge on any atom is -0.466 e. The molecule has 1 saturated carbocycles. The van der Waals surface area contributed by atoms with Crippen LogP contribution in [0.1, 0.15) is 34.1 Å². The van der Waals surface area contributed by atoms with E-state index in [0.717, 1.165) is 6.42 Å². The van der Waals surface area contributed by atoms with Crippen molar-refractivity contribution < 1.29 is 19.0 Å². The number of methoxy groups -OCH3 is 1. The van der Waals surface area contributed by atoms with E-state index in [1.54, 1.807) is 7.11 Å². The second kappa shape index (κ2) is 6.53. The van der Waals surface area contributed by atoms with Gasteiger partial charge in [0.05, 0.1) is 19.1 Å². The van der Waals surface area contributed by atoms with E-state index in [-0.39, 0.29) is 17.3 Å². The van der Waals surface area contributed by atoms with E-state index in [1.807, 2.05) is 13.8 Å². The third-order valence-corrected chi connectivity index (χ3v) is 4.33. The summed E-state index contributed by atoms with van der Waals surface area (Å²) in [6.45, 7) is 9.72. The van der Waals surface area contributed by atoms with Gasteiger partial charge < -0.3 is 14.2 Å². The molecule has 3 unspecified atom stereocenters. The first kappa shape index (κ1) is 15.4. The van der Waals surface area contributed by atoms with E-state index in [0.29, 0.717) is 31.8 Å². The average molecular weight is 258 g/mol. The highest BCUT2D eigenvalue weighted by Gasteiger charge is 2.51. The lowest BCUT2D eigenvalue weighted by molar-refractivity contribution is -0.164. The Morgan fingerprint density at radius 3 is 2.61 bits per heavy atom. The number of esters is 1. The van der Waals surface area contributed by atoms with Gasteiger partial charge in [0.15, 0.2) is 0 Å². The molecular weight excluding hydrogens is 232 g/mol. The fraction of sp³-hybridized carbons (Fsp3) is 0.929. The Balaban J connectivity index is 2.45. The van der Waals surface area contributed by atoms with E-state index < -0.39 is 0 Å². The fourth-order valence-electron chi connectivity index (χ4n) is 2.90. The Hall–Kier alpha value is -0.610. The van der Waals surface area contributed by atoms with Crippen LogP contribution in [0.4, 0.5) is 0 Å². The summed E-state index contributed by atoms with van der Waals surface area (Å²) in [5.74, 6) is 0.771. The zero-order chi connectivity index (χ0) is 13.8. The molecule has 1 rings (SSSR count). The molecule has 0 aromatic carbocycles. The molecule has 1 aliphatic carbocycles. The molecule has 0 heterocycles. The van der Waals surface area contributed by atoms with E-state index in [9.17, 15) is 4.79 Å². The summed E-state index contributed by atoms with van der Waals surface area (Å²) in [4.78, 5) is 11.8. The van der Waals surface area contributed by atoms with Crippen LogP contribution < -0.4 is 0 Å². The Labute approximate surface area is 110 Å². The summed E-state index contributed by atoms with van der Waals surface area (Å²) in [6.07, 6.45) is 1.02. The largest absolute Gasteiger partial charge is 0.466 e. The van der Waals surface area contributed by atoms with Crippen molar-refractivity contribution in [3.63, 3.8) is 0 Å². The Kier molecular flexibility index (Phi) is 5.60. The minimum absolute atomic E-state index is 0.0291. The molecule has 0 amide bonds. The lowest BCUT2D eigenvalue weighted by Crippen LogP contribution is -2.51. The number of rotatable bonds is 7. The van der Waals surface area contributed by atoms with Crippen LogP contribution in [-0.4, -0.2) is 33.1 Å². The van der Waals surface area contributed by atoms with Gasteiger partial charge in [0, 0.05) is 7.11 Å². The van der Waals surface area contributed by atoms with Gasteiger partial charge >= 0.3 is 5.97 Å². The molecule has 4 nitrogen and oxygen atoms in total. The second-order valence-electron chi connectivity index (χ2n) is 5.68. The zero-order valence-corrected chi connectivity index (χ0v) is 12.2. The van der Waals surface area contributed by atoms with Crippen molar-refractivity contribution in [3.8, 4) is 0 Å². The number of carbonyl (C=O) groups is 1. The van der Waals surface area contributed by atoms with Gasteiger partial charge in [-0.25, -0.2) is 0 Å². The van der Waals surface area contributed by atoms with Crippen molar-refractivity contribution in [2.75, 3.05) is 27.1 Å². The molecule has 0 N–H and O–H groups in total. The summed E-state index contributed by atoms with van der Waals surface area (Å²) in [7, 11) is 1.62. The van der Waals surface area contributed by atoms with Crippen LogP contribution in [0.15, 0.2) is 0 Å². The molecule has 3 atom stereocenters. The first-order chi connectivity index (χ1) is 8.45. The highest BCUT2D eigenvalue weighted by atomic mass is 16.7. The summed E-state index contributed by atoms with van der Waals surface area (Å²) >= 11 is 0. The number of carbonyl (C=O) groups excluding carboxylic acids is 1. The maximum Gasteiger partial charge on any atom is 0.308 e. The molecule has 0 aromatic heterocycles. The molecule has 1 fully saturated rings. The topological polar surface area (TPSA) is 44.8 Å². The standard InChI is InChI=1S/C14H26O4/c1-6-18-13(15)10(2)12-7-11(14(12,3)4)8-17-9-16-5/h10-12H,6-9H2,1-5H3. The van der Waals surface area contributed by atoms with Crippen molar-refractivity contribution in [3.05, 3.63) is 0 Å². The van der Waals surface area contributed by atoms with Gasteiger partial charge in [0.1, 0.15) is 6.79 Å². The summed E-state index contributed by atoms with van der Waals surface area (Å²) < 4.78 is 15.4. The highest BCUT2D eigenvalue weighted by molar-refractivity contribution is 5.72. The maximum absolute atomic E-state index is 11.8. The molecule has 18 heavy (non-hydrogen) atoms. The normalized spacial score (nSPS) is 27.4. The SMILES string of the molecule is CCOC(=O)C(C)C1CC(COCOC)C1(C)C. The second-order valence-corrected chi connectivity index (χ2v) is 5.68. The van der Waals surface area contributed by atoms with Gasteiger partial charge in [-0.15, -0.1) is 0 Å². The van der Waals surface area contributed by atoms with Crippen LogP contribution in [0.2, 0.25) is 0 Å². The third kappa shape index (κ3) is 3.23. The predicted octanol–water partition coefficient (Wildman–Crippen LogP) is 2.47. The van der Waals surface area contributed by atoms with E-state index in [2.05, 4.69) is 13.8 Å². The van der Waals surface area contributed by atoms with Crippen molar-refractivity contribution in [1.82, 2.24) is 0 Å². The summed E-state index contributed by atoms with van der Waals surface area (Å²) in [6, 6.07) is 0. The van der Waals surface area contributed by atoms with Gasteiger partial charge in [-0.2, -0.15) is 0 Å². The Morgan fingerprint density at radius 2 is 2.11 bits per heavy atom. The smallest absolute Gasteiger partial charge is 0.308 e. The molecule has 0 radical (unpaired) electrons. The molecule has 0 bridgehead atoms. The third-order valence-electron chi connectivity index (χ3n) is 4.33. The Morgan fingerprint density at radius 1 is 1.44 bits per heavy atom. The number of ether oxygens (including phenoxy) is 3. The zero-order valence-electron chi connectivity index (χ0n) is 12.2. The summed E-state index contributed by atoms with van der Waals surface area (Å²) in [5.41, 5.74) is 0.125. The van der Waals surface area contributed by atoms with Crippen LogP contribution in [0.3, 0.4) is 0 Å². The van der Waals surface area contributed by atoms with Crippen molar-refractivity contribution in [1.29, 1.82) is 0 Å². The van der Waals surface area contributed by atoms with E-state index in [4.69, 9.17) is 14.2 Å². The Bertz CT molecular complexity index is 275. The van der Waals surface area contributed by atoms with Crippen LogP contribution >= 0.6 is 0 Å². The van der Waals surface area contributed by atoms with Gasteiger partial charge in [-0.3, -0.25) is 4.79 Å². The molecule has 106 valence electrons. The molecular formula is C14H26O4. The van der Waals surface area contributed by atoms with Gasteiger partial charge in [0.2, 0.25) is 0 Å². The fourth-order valence-corrected chi connectivity index (χ4v) is 2.90. The first-order valence-corrected chi connectivity index (χ1v) is 6.68. The summed E-state index contributed by atoms with van der Waals surface area (Å²) in [5, 5.41) is 0. The van der Waals surface area contributed by atoms with Crippen LogP contribution in [-0.2, 0) is 19.0 Å². The molecule has 0 aromatic rings. The number of hydrogen-bond acceptors (Lipinski definition) is 4. The van der Waals surface area contributed by atoms with Crippen LogP contribution in [0, 0.1) is 23.2 Å². The molecule has 0 spiro atoms. The van der Waals surface area contributed by atoms with Gasteiger partial charge in [-0.05, 0) is 30.6 Å². The molecule has 0 saturated heterocycles. The predicted molar refractivity (Wildman–Crippen MR) is 69.0 cm³/mol. The average Bonchev–Trinajstić information content (AvgIpc) is 2.32.